The number of thioether (sulfide) groups is 1. The summed E-state index contributed by atoms with van der Waals surface area (Å²) >= 11 is 5.05. The highest BCUT2D eigenvalue weighted by molar-refractivity contribution is 9.10. The van der Waals surface area contributed by atoms with Gasteiger partial charge in [-0.15, -0.1) is 11.8 Å². The fraction of sp³-hybridized carbons (Fsp3) is 0.316. The van der Waals surface area contributed by atoms with Gasteiger partial charge in [0.15, 0.2) is 0 Å². The molecule has 0 spiro atoms. The third-order valence-corrected chi connectivity index (χ3v) is 8.47. The number of para-hydroxylation sites is 1. The maximum absolute atomic E-state index is 13.3. The van der Waals surface area contributed by atoms with Gasteiger partial charge < -0.3 is 4.90 Å². The van der Waals surface area contributed by atoms with Crippen molar-refractivity contribution in [1.82, 2.24) is 4.31 Å². The molecule has 0 fully saturated rings. The average molecular weight is 469 g/mol. The van der Waals surface area contributed by atoms with E-state index in [2.05, 4.69) is 22.9 Å². The number of halogens is 1. The van der Waals surface area contributed by atoms with Crippen LogP contribution in [0.2, 0.25) is 0 Å². The molecule has 2 aromatic carbocycles. The molecule has 0 saturated heterocycles. The number of carbonyl (C=O) groups excluding carboxylic acids is 1. The third kappa shape index (κ3) is 4.08. The Morgan fingerprint density at radius 2 is 1.93 bits per heavy atom. The van der Waals surface area contributed by atoms with Crippen LogP contribution in [0.25, 0.3) is 0 Å². The summed E-state index contributed by atoms with van der Waals surface area (Å²) in [5, 5.41) is 0.401. The lowest BCUT2D eigenvalue weighted by Crippen LogP contribution is -2.32. The number of hydrogen-bond donors (Lipinski definition) is 0. The van der Waals surface area contributed by atoms with Gasteiger partial charge in [-0.25, -0.2) is 12.7 Å². The Balaban J connectivity index is 2.04. The second-order valence-electron chi connectivity index (χ2n) is 6.57. The van der Waals surface area contributed by atoms with Gasteiger partial charge in [0.05, 0.1) is 10.6 Å². The normalized spacial score (nSPS) is 17.5. The molecule has 0 saturated carbocycles. The van der Waals surface area contributed by atoms with Gasteiger partial charge in [-0.05, 0) is 52.7 Å². The van der Waals surface area contributed by atoms with Crippen molar-refractivity contribution in [1.29, 1.82) is 0 Å². The van der Waals surface area contributed by atoms with Crippen molar-refractivity contribution in [2.75, 3.05) is 25.5 Å². The van der Waals surface area contributed by atoms with Crippen molar-refractivity contribution < 1.29 is 13.2 Å². The summed E-state index contributed by atoms with van der Waals surface area (Å²) in [6.07, 6.45) is 0.866. The van der Waals surface area contributed by atoms with Crippen LogP contribution in [-0.2, 0) is 10.0 Å². The van der Waals surface area contributed by atoms with Crippen molar-refractivity contribution in [3.8, 4) is 0 Å². The van der Waals surface area contributed by atoms with Crippen molar-refractivity contribution >= 4 is 49.3 Å². The number of carbonyl (C=O) groups is 1. The maximum atomic E-state index is 13.3. The number of fused-ring (bicyclic) bond motifs is 1. The topological polar surface area (TPSA) is 57.7 Å². The molecule has 2 aromatic rings. The van der Waals surface area contributed by atoms with Crippen LogP contribution in [0.3, 0.4) is 0 Å². The summed E-state index contributed by atoms with van der Waals surface area (Å²) in [4.78, 5) is 16.2. The molecule has 0 bridgehead atoms. The minimum Gasteiger partial charge on any atom is -0.307 e. The maximum Gasteiger partial charge on any atom is 0.258 e. The predicted molar refractivity (Wildman–Crippen MR) is 113 cm³/mol. The number of nitrogens with zero attached hydrogens (tertiary/aromatic N) is 2. The van der Waals surface area contributed by atoms with Crippen LogP contribution < -0.4 is 4.90 Å². The van der Waals surface area contributed by atoms with Crippen LogP contribution in [0.4, 0.5) is 5.69 Å². The van der Waals surface area contributed by atoms with E-state index >= 15 is 0 Å². The van der Waals surface area contributed by atoms with Crippen LogP contribution in [0.15, 0.2) is 56.7 Å². The summed E-state index contributed by atoms with van der Waals surface area (Å²) in [5.41, 5.74) is 1.23. The van der Waals surface area contributed by atoms with Crippen LogP contribution in [0, 0.1) is 0 Å². The van der Waals surface area contributed by atoms with E-state index in [9.17, 15) is 13.2 Å². The second-order valence-corrected chi connectivity index (χ2v) is 11.0. The zero-order valence-electron chi connectivity index (χ0n) is 15.3. The first kappa shape index (κ1) is 20.4. The molecule has 1 aliphatic heterocycles. The van der Waals surface area contributed by atoms with Crippen LogP contribution in [0.1, 0.15) is 23.7 Å². The Morgan fingerprint density at radius 3 is 2.63 bits per heavy atom. The predicted octanol–water partition coefficient (Wildman–Crippen LogP) is 4.23. The number of benzene rings is 2. The zero-order valence-corrected chi connectivity index (χ0v) is 18.6. The first-order chi connectivity index (χ1) is 12.7. The molecule has 0 aromatic heterocycles. The first-order valence-electron chi connectivity index (χ1n) is 8.51. The van der Waals surface area contributed by atoms with Gasteiger partial charge in [0.2, 0.25) is 10.0 Å². The van der Waals surface area contributed by atoms with Crippen molar-refractivity contribution in [3.63, 3.8) is 0 Å². The molecule has 1 unspecified atom stereocenters. The number of rotatable bonds is 3. The molecule has 3 rings (SSSR count). The summed E-state index contributed by atoms with van der Waals surface area (Å²) in [5.74, 6) is -0.195. The van der Waals surface area contributed by atoms with Crippen molar-refractivity contribution in [2.45, 2.75) is 28.4 Å². The highest BCUT2D eigenvalue weighted by Gasteiger charge is 2.27. The molecule has 0 radical (unpaired) electrons. The van der Waals surface area contributed by atoms with E-state index < -0.39 is 10.0 Å². The Bertz CT molecular complexity index is 977. The Labute approximate surface area is 172 Å². The summed E-state index contributed by atoms with van der Waals surface area (Å²) in [6.45, 7) is 2.74. The van der Waals surface area contributed by atoms with E-state index in [1.54, 1.807) is 28.8 Å². The zero-order chi connectivity index (χ0) is 19.8. The highest BCUT2D eigenvalue weighted by Crippen LogP contribution is 2.38. The second kappa shape index (κ2) is 7.95. The monoisotopic (exact) mass is 468 g/mol. The number of anilines is 1. The number of hydrogen-bond acceptors (Lipinski definition) is 4. The molecule has 1 heterocycles. The number of amides is 1. The molecule has 0 N–H and O–H groups in total. The fourth-order valence-electron chi connectivity index (χ4n) is 2.88. The molecule has 0 aliphatic carbocycles. The Hall–Kier alpha value is -1.35. The molecular weight excluding hydrogens is 448 g/mol. The van der Waals surface area contributed by atoms with Crippen molar-refractivity contribution in [2.24, 2.45) is 0 Å². The fourth-order valence-corrected chi connectivity index (χ4v) is 5.84. The molecular formula is C19H21BrN2O3S2. The molecule has 8 heteroatoms. The molecule has 144 valence electrons. The minimum absolute atomic E-state index is 0.0872. The molecule has 1 aliphatic rings. The van der Waals surface area contributed by atoms with Gasteiger partial charge in [0, 0.05) is 40.8 Å². The summed E-state index contributed by atoms with van der Waals surface area (Å²) in [6, 6.07) is 12.6. The van der Waals surface area contributed by atoms with Gasteiger partial charge in [0.1, 0.15) is 0 Å². The molecule has 1 amide bonds. The lowest BCUT2D eigenvalue weighted by atomic mass is 10.1. The van der Waals surface area contributed by atoms with Gasteiger partial charge >= 0.3 is 0 Å². The minimum atomic E-state index is -3.66. The standard InChI is InChI=1S/C19H21BrN2O3S2/c1-13-10-11-22(16-6-4-5-7-17(16)26-13)19(23)14-8-9-15(20)18(12-14)27(24,25)21(2)3/h4-9,12-13H,10-11H2,1-3H3. The van der Waals surface area contributed by atoms with Crippen LogP contribution in [-0.4, -0.2) is 44.5 Å². The lowest BCUT2D eigenvalue weighted by molar-refractivity contribution is 0.0986. The van der Waals surface area contributed by atoms with Gasteiger partial charge in [-0.2, -0.15) is 0 Å². The Kier molecular flexibility index (Phi) is 6.00. The van der Waals surface area contributed by atoms with Gasteiger partial charge in [-0.3, -0.25) is 4.79 Å². The quantitative estimate of drug-likeness (QED) is 0.675. The first-order valence-corrected chi connectivity index (χ1v) is 11.6. The molecule has 27 heavy (non-hydrogen) atoms. The van der Waals surface area contributed by atoms with E-state index in [1.807, 2.05) is 24.3 Å². The summed E-state index contributed by atoms with van der Waals surface area (Å²) in [7, 11) is -0.715. The Morgan fingerprint density at radius 1 is 1.22 bits per heavy atom. The van der Waals surface area contributed by atoms with E-state index in [1.165, 1.54) is 20.2 Å². The van der Waals surface area contributed by atoms with E-state index in [4.69, 9.17) is 0 Å². The van der Waals surface area contributed by atoms with Crippen LogP contribution in [0.5, 0.6) is 0 Å². The van der Waals surface area contributed by atoms with E-state index in [-0.39, 0.29) is 10.8 Å². The SMILES string of the molecule is CC1CCN(C(=O)c2ccc(Br)c(S(=O)(=O)N(C)C)c2)c2ccccc2S1. The summed E-state index contributed by atoms with van der Waals surface area (Å²) < 4.78 is 26.7. The molecule has 1 atom stereocenters. The van der Waals surface area contributed by atoms with Gasteiger partial charge in [-0.1, -0.05) is 19.1 Å². The smallest absolute Gasteiger partial charge is 0.258 e. The number of sulfonamides is 1. The van der Waals surface area contributed by atoms with E-state index in [0.717, 1.165) is 21.3 Å². The van der Waals surface area contributed by atoms with E-state index in [0.29, 0.717) is 21.8 Å². The van der Waals surface area contributed by atoms with Gasteiger partial charge in [0.25, 0.3) is 5.91 Å². The average Bonchev–Trinajstić information content (AvgIpc) is 2.79. The highest BCUT2D eigenvalue weighted by atomic mass is 79.9. The van der Waals surface area contributed by atoms with Crippen LogP contribution >= 0.6 is 27.7 Å². The third-order valence-electron chi connectivity index (χ3n) is 4.43. The van der Waals surface area contributed by atoms with Crippen molar-refractivity contribution in [3.05, 3.63) is 52.5 Å². The lowest BCUT2D eigenvalue weighted by Gasteiger charge is -2.23. The molecule has 5 nitrogen and oxygen atoms in total. The largest absolute Gasteiger partial charge is 0.307 e.